The van der Waals surface area contributed by atoms with E-state index in [1.165, 1.54) is 10.6 Å². The third-order valence-electron chi connectivity index (χ3n) is 6.18. The maximum Gasteiger partial charge on any atom is 0.315 e. The highest BCUT2D eigenvalue weighted by atomic mass is 16.3. The lowest BCUT2D eigenvalue weighted by molar-refractivity contribution is -0.122. The highest BCUT2D eigenvalue weighted by Crippen LogP contribution is 2.38. The molecule has 2 heterocycles. The highest BCUT2D eigenvalue weighted by molar-refractivity contribution is 5.80. The second kappa shape index (κ2) is 9.11. The van der Waals surface area contributed by atoms with Crippen LogP contribution in [0, 0.1) is 0 Å². The summed E-state index contributed by atoms with van der Waals surface area (Å²) in [5, 5.41) is 38.7. The van der Waals surface area contributed by atoms with Crippen molar-refractivity contribution in [2.24, 2.45) is 5.73 Å². The number of aromatic nitrogens is 3. The third-order valence-corrected chi connectivity index (χ3v) is 6.18. The average Bonchev–Trinajstić information content (AvgIpc) is 3.36. The number of rotatable bonds is 7. The Balaban J connectivity index is 1.56. The topological polar surface area (TPSA) is 138 Å². The largest absolute Gasteiger partial charge is 0.508 e. The summed E-state index contributed by atoms with van der Waals surface area (Å²) in [6, 6.07) is 10.3. The van der Waals surface area contributed by atoms with Crippen molar-refractivity contribution in [3.63, 3.8) is 0 Å². The van der Waals surface area contributed by atoms with Gasteiger partial charge in [-0.2, -0.15) is 0 Å². The summed E-state index contributed by atoms with van der Waals surface area (Å²) in [5.74, 6) is -0.0777. The van der Waals surface area contributed by atoms with Gasteiger partial charge in [-0.15, -0.1) is 5.10 Å². The summed E-state index contributed by atoms with van der Waals surface area (Å²) in [6.07, 6.45) is 1.76. The molecule has 0 saturated carbocycles. The maximum atomic E-state index is 11.6. The van der Waals surface area contributed by atoms with Crippen molar-refractivity contribution in [1.29, 1.82) is 0 Å². The van der Waals surface area contributed by atoms with Gasteiger partial charge in [-0.1, -0.05) is 43.2 Å². The molecule has 2 aromatic carbocycles. The van der Waals surface area contributed by atoms with Crippen LogP contribution in [0.3, 0.4) is 0 Å². The normalized spacial score (nSPS) is 16.5. The predicted molar refractivity (Wildman–Crippen MR) is 123 cm³/mol. The van der Waals surface area contributed by atoms with Gasteiger partial charge in [0.1, 0.15) is 11.5 Å². The van der Waals surface area contributed by atoms with Gasteiger partial charge < -0.3 is 21.1 Å². The van der Waals surface area contributed by atoms with Crippen LogP contribution in [0.1, 0.15) is 49.3 Å². The molecule has 1 amide bonds. The zero-order valence-corrected chi connectivity index (χ0v) is 18.8. The Morgan fingerprint density at radius 1 is 1.06 bits per heavy atom. The molecule has 1 fully saturated rings. The molecule has 1 aliphatic heterocycles. The molecular formula is C24H29N5O4. The van der Waals surface area contributed by atoms with E-state index in [9.17, 15) is 20.1 Å². The number of likely N-dealkylation sites (tertiary alicyclic amines) is 1. The van der Waals surface area contributed by atoms with Crippen molar-refractivity contribution >= 4 is 5.91 Å². The summed E-state index contributed by atoms with van der Waals surface area (Å²) in [6.45, 7) is 5.67. The van der Waals surface area contributed by atoms with Crippen molar-refractivity contribution in [2.45, 2.75) is 51.7 Å². The molecule has 9 nitrogen and oxygen atoms in total. The summed E-state index contributed by atoms with van der Waals surface area (Å²) in [7, 11) is 0. The first-order valence-electron chi connectivity index (χ1n) is 11.0. The van der Waals surface area contributed by atoms with Gasteiger partial charge in [0.15, 0.2) is 5.82 Å². The number of aromatic hydroxyl groups is 3. The van der Waals surface area contributed by atoms with Crippen molar-refractivity contribution < 1.29 is 20.1 Å². The van der Waals surface area contributed by atoms with E-state index in [0.29, 0.717) is 30.0 Å². The molecule has 5 N–H and O–H groups in total. The van der Waals surface area contributed by atoms with E-state index in [4.69, 9.17) is 5.73 Å². The van der Waals surface area contributed by atoms with Crippen molar-refractivity contribution in [3.8, 4) is 28.9 Å². The van der Waals surface area contributed by atoms with E-state index in [1.54, 1.807) is 6.07 Å². The van der Waals surface area contributed by atoms with E-state index >= 15 is 0 Å². The van der Waals surface area contributed by atoms with Crippen LogP contribution < -0.4 is 5.73 Å². The van der Waals surface area contributed by atoms with Gasteiger partial charge in [0.2, 0.25) is 5.91 Å². The van der Waals surface area contributed by atoms with Gasteiger partial charge >= 0.3 is 6.01 Å². The smallest absolute Gasteiger partial charge is 0.315 e. The van der Waals surface area contributed by atoms with Crippen LogP contribution in [0.4, 0.5) is 0 Å². The first kappa shape index (κ1) is 22.6. The van der Waals surface area contributed by atoms with Crippen molar-refractivity contribution in [2.75, 3.05) is 6.54 Å². The monoisotopic (exact) mass is 451 g/mol. The van der Waals surface area contributed by atoms with E-state index < -0.39 is 0 Å². The molecule has 1 atom stereocenters. The zero-order chi connectivity index (χ0) is 23.7. The van der Waals surface area contributed by atoms with Gasteiger partial charge in [0.25, 0.3) is 0 Å². The molecule has 0 radical (unpaired) electrons. The van der Waals surface area contributed by atoms with Gasteiger partial charge in [-0.3, -0.25) is 14.3 Å². The molecular weight excluding hydrogens is 422 g/mol. The lowest BCUT2D eigenvalue weighted by Gasteiger charge is -2.21. The lowest BCUT2D eigenvalue weighted by atomic mass is 9.98. The number of phenolic OH excluding ortho intramolecular Hbond substituents is 2. The maximum absolute atomic E-state index is 11.6. The van der Waals surface area contributed by atoms with Gasteiger partial charge in [-0.25, -0.2) is 0 Å². The van der Waals surface area contributed by atoms with E-state index in [2.05, 4.69) is 15.1 Å². The van der Waals surface area contributed by atoms with Crippen LogP contribution in [0.15, 0.2) is 36.4 Å². The number of nitrogens with zero attached hydrogens (tertiary/aromatic N) is 4. The van der Waals surface area contributed by atoms with Crippen LogP contribution in [-0.4, -0.2) is 53.5 Å². The first-order valence-corrected chi connectivity index (χ1v) is 11.0. The molecule has 1 aromatic heterocycles. The standard InChI is InChI=1S/C24H29N5O4/c1-14(2)17-10-18(21(31)11-20(17)30)23-26-27-24(33)29(23)13-16-7-5-15(6-8-16)12-28-9-3-4-19(28)22(25)32/h5-8,10-11,14,19,30-31H,3-4,9,12-13H2,1-2H3,(H2,25,32)(H,27,33)/t19-/m0/s1. The molecule has 0 unspecified atom stereocenters. The van der Waals surface area contributed by atoms with Gasteiger partial charge in [0, 0.05) is 12.6 Å². The van der Waals surface area contributed by atoms with Gasteiger partial charge in [-0.05, 0) is 48.1 Å². The zero-order valence-electron chi connectivity index (χ0n) is 18.8. The molecule has 3 aromatic rings. The van der Waals surface area contributed by atoms with E-state index in [-0.39, 0.29) is 35.4 Å². The van der Waals surface area contributed by atoms with Crippen molar-refractivity contribution in [1.82, 2.24) is 19.7 Å². The summed E-state index contributed by atoms with van der Waals surface area (Å²) < 4.78 is 1.51. The minimum absolute atomic E-state index is 0.00806. The number of benzene rings is 2. The Labute approximate surface area is 192 Å². The van der Waals surface area contributed by atoms with Crippen LogP contribution in [0.25, 0.3) is 11.4 Å². The second-order valence-electron chi connectivity index (χ2n) is 8.84. The Morgan fingerprint density at radius 2 is 1.73 bits per heavy atom. The SMILES string of the molecule is CC(C)c1cc(-c2nnc(O)n2Cc2ccc(CN3CCC[C@H]3C(N)=O)cc2)c(O)cc1O. The average molecular weight is 452 g/mol. The van der Waals surface area contributed by atoms with Gasteiger partial charge in [0.05, 0.1) is 18.2 Å². The molecule has 0 aliphatic carbocycles. The number of amides is 1. The Hall–Kier alpha value is -3.59. The quantitative estimate of drug-likeness (QED) is 0.433. The number of primary amides is 1. The number of phenols is 2. The molecule has 0 spiro atoms. The predicted octanol–water partition coefficient (Wildman–Crippen LogP) is 2.68. The molecule has 0 bridgehead atoms. The fourth-order valence-electron chi connectivity index (χ4n) is 4.38. The van der Waals surface area contributed by atoms with Crippen LogP contribution >= 0.6 is 0 Å². The fraction of sp³-hybridized carbons (Fsp3) is 0.375. The molecule has 33 heavy (non-hydrogen) atoms. The second-order valence-corrected chi connectivity index (χ2v) is 8.84. The van der Waals surface area contributed by atoms with Crippen molar-refractivity contribution in [3.05, 3.63) is 53.1 Å². The Morgan fingerprint density at radius 3 is 2.36 bits per heavy atom. The fourth-order valence-corrected chi connectivity index (χ4v) is 4.38. The van der Waals surface area contributed by atoms with Crippen LogP contribution in [-0.2, 0) is 17.9 Å². The molecule has 4 rings (SSSR count). The minimum Gasteiger partial charge on any atom is -0.508 e. The molecule has 174 valence electrons. The Bertz CT molecular complexity index is 1160. The first-order chi connectivity index (χ1) is 15.7. The summed E-state index contributed by atoms with van der Waals surface area (Å²) in [5.41, 5.74) is 8.53. The molecule has 9 heteroatoms. The number of carbonyl (C=O) groups excluding carboxylic acids is 1. The number of hydrogen-bond donors (Lipinski definition) is 4. The minimum atomic E-state index is -0.280. The lowest BCUT2D eigenvalue weighted by Crippen LogP contribution is -2.39. The summed E-state index contributed by atoms with van der Waals surface area (Å²) >= 11 is 0. The number of hydrogen-bond acceptors (Lipinski definition) is 7. The molecule has 1 aliphatic rings. The highest BCUT2D eigenvalue weighted by Gasteiger charge is 2.28. The van der Waals surface area contributed by atoms with E-state index in [0.717, 1.165) is 30.5 Å². The Kier molecular flexibility index (Phi) is 6.24. The van der Waals surface area contributed by atoms with Crippen LogP contribution in [0.2, 0.25) is 0 Å². The van der Waals surface area contributed by atoms with Crippen LogP contribution in [0.5, 0.6) is 17.5 Å². The van der Waals surface area contributed by atoms with E-state index in [1.807, 2.05) is 38.1 Å². The third kappa shape index (κ3) is 4.63. The molecule has 1 saturated heterocycles. The number of nitrogens with two attached hydrogens (primary N) is 1. The summed E-state index contributed by atoms with van der Waals surface area (Å²) in [4.78, 5) is 13.7. The number of carbonyl (C=O) groups is 1.